The monoisotopic (exact) mass is 688 g/mol. The molecule has 7 atom stereocenters. The fourth-order valence-electron chi connectivity index (χ4n) is 6.64. The van der Waals surface area contributed by atoms with Crippen LogP contribution in [0.3, 0.4) is 0 Å². The minimum Gasteiger partial charge on any atom is -0.462 e. The highest BCUT2D eigenvalue weighted by Crippen LogP contribution is 2.53. The Kier molecular flexibility index (Phi) is 12.8. The summed E-state index contributed by atoms with van der Waals surface area (Å²) >= 11 is 0. The number of carbonyl (C=O) groups excluding carboxylic acids is 2. The number of ether oxygens (including phenoxy) is 2. The molecule has 5 N–H and O–H groups in total. The fraction of sp³-hybridized carbons (Fsp3) is 0.483. The smallest absolute Gasteiger partial charge is 0.407 e. The Balaban J connectivity index is 0.000000503. The van der Waals surface area contributed by atoms with E-state index in [1.165, 1.54) is 12.1 Å². The molecule has 0 bridgehead atoms. The number of amides is 1. The van der Waals surface area contributed by atoms with Gasteiger partial charge in [0.2, 0.25) is 0 Å². The van der Waals surface area contributed by atoms with Gasteiger partial charge in [0.15, 0.2) is 0 Å². The molecule has 5 rings (SSSR count). The van der Waals surface area contributed by atoms with E-state index < -0.39 is 20.8 Å². The van der Waals surface area contributed by atoms with E-state index >= 15 is 0 Å². The quantitative estimate of drug-likeness (QED) is 0.218. The van der Waals surface area contributed by atoms with Crippen molar-refractivity contribution in [1.29, 1.82) is 0 Å². The summed E-state index contributed by atoms with van der Waals surface area (Å²) in [5.41, 5.74) is 2.48. The fourth-order valence-corrected chi connectivity index (χ4v) is 6.64. The van der Waals surface area contributed by atoms with Crippen LogP contribution in [0.2, 0.25) is 0 Å². The van der Waals surface area contributed by atoms with E-state index in [9.17, 15) is 14.0 Å². The zero-order valence-corrected chi connectivity index (χ0v) is 26.6. The molecule has 3 fully saturated rings. The summed E-state index contributed by atoms with van der Waals surface area (Å²) < 4.78 is 87.5. The number of allylic oxidation sites excluding steroid dienone is 1. The molecule has 1 aromatic carbocycles. The lowest BCUT2D eigenvalue weighted by Gasteiger charge is -2.47. The first-order valence-corrected chi connectivity index (χ1v) is 17.2. The third-order valence-electron chi connectivity index (χ3n) is 8.18. The SMILES string of the molecule is CCOC(=O)N[C@@H]1CCC2C(CC3C(=O)O[C@H](C)C3C2/C=C/c2ccc(-c3cccc(F)c3)cn2)C1.O=S(=O)(O)O.O=S(=O)(O)O. The molecule has 0 radical (unpaired) electrons. The number of nitrogens with one attached hydrogen (secondary N) is 1. The van der Waals surface area contributed by atoms with Crippen LogP contribution in [0, 0.1) is 35.4 Å². The van der Waals surface area contributed by atoms with E-state index in [4.69, 9.17) is 44.5 Å². The van der Waals surface area contributed by atoms with Gasteiger partial charge in [-0.25, -0.2) is 9.18 Å². The van der Waals surface area contributed by atoms with Crippen molar-refractivity contribution in [3.05, 3.63) is 60.2 Å². The van der Waals surface area contributed by atoms with Gasteiger partial charge < -0.3 is 14.8 Å². The van der Waals surface area contributed by atoms with Crippen molar-refractivity contribution in [1.82, 2.24) is 10.3 Å². The Morgan fingerprint density at radius 2 is 1.74 bits per heavy atom. The van der Waals surface area contributed by atoms with E-state index in [-0.39, 0.29) is 47.8 Å². The lowest BCUT2D eigenvalue weighted by atomic mass is 9.57. The molecule has 5 unspecified atom stereocenters. The van der Waals surface area contributed by atoms with Crippen LogP contribution in [0.25, 0.3) is 17.2 Å². The molecule has 2 aromatic rings. The van der Waals surface area contributed by atoms with Crippen molar-refractivity contribution in [2.75, 3.05) is 6.61 Å². The number of cyclic esters (lactones) is 1. The van der Waals surface area contributed by atoms with Crippen LogP contribution in [-0.4, -0.2) is 70.8 Å². The molecule has 17 heteroatoms. The first-order valence-electron chi connectivity index (χ1n) is 14.4. The van der Waals surface area contributed by atoms with Crippen molar-refractivity contribution in [3.8, 4) is 11.1 Å². The number of alkyl carbamates (subject to hydrolysis) is 1. The van der Waals surface area contributed by atoms with Crippen LogP contribution in [0.4, 0.5) is 9.18 Å². The van der Waals surface area contributed by atoms with Gasteiger partial charge in [0, 0.05) is 23.7 Å². The number of aromatic nitrogens is 1. The molecule has 0 spiro atoms. The molecule has 254 valence electrons. The molecule has 2 aliphatic carbocycles. The van der Waals surface area contributed by atoms with Crippen LogP contribution in [0.5, 0.6) is 0 Å². The van der Waals surface area contributed by atoms with Gasteiger partial charge in [-0.05, 0) is 87.1 Å². The Hall–Kier alpha value is -3.48. The Morgan fingerprint density at radius 3 is 2.33 bits per heavy atom. The largest absolute Gasteiger partial charge is 0.462 e. The maximum Gasteiger partial charge on any atom is 0.407 e. The van der Waals surface area contributed by atoms with Gasteiger partial charge in [-0.3, -0.25) is 28.0 Å². The van der Waals surface area contributed by atoms with Gasteiger partial charge in [-0.15, -0.1) is 0 Å². The second-order valence-corrected chi connectivity index (χ2v) is 13.0. The maximum atomic E-state index is 13.6. The van der Waals surface area contributed by atoms with Gasteiger partial charge in [0.1, 0.15) is 11.9 Å². The van der Waals surface area contributed by atoms with Crippen LogP contribution < -0.4 is 5.32 Å². The highest BCUT2D eigenvalue weighted by Gasteiger charge is 2.54. The first-order chi connectivity index (χ1) is 21.4. The summed E-state index contributed by atoms with van der Waals surface area (Å²) in [5.74, 6) is 0.629. The van der Waals surface area contributed by atoms with Gasteiger partial charge in [-0.2, -0.15) is 16.8 Å². The summed E-state index contributed by atoms with van der Waals surface area (Å²) in [4.78, 5) is 29.2. The molecule has 1 saturated heterocycles. The average Bonchev–Trinajstić information content (AvgIpc) is 3.22. The minimum absolute atomic E-state index is 0.0679. The number of carbonyl (C=O) groups is 2. The van der Waals surface area contributed by atoms with Gasteiger partial charge in [0.05, 0.1) is 18.2 Å². The number of hydrogen-bond donors (Lipinski definition) is 5. The van der Waals surface area contributed by atoms with Crippen molar-refractivity contribution in [2.24, 2.45) is 29.6 Å². The van der Waals surface area contributed by atoms with E-state index in [1.807, 2.05) is 31.2 Å². The number of rotatable bonds is 5. The van der Waals surface area contributed by atoms with Crippen molar-refractivity contribution in [3.63, 3.8) is 0 Å². The summed E-state index contributed by atoms with van der Waals surface area (Å²) in [6.45, 7) is 4.15. The highest BCUT2D eigenvalue weighted by atomic mass is 32.3. The van der Waals surface area contributed by atoms with Gasteiger partial charge in [-0.1, -0.05) is 24.3 Å². The predicted molar refractivity (Wildman–Crippen MR) is 162 cm³/mol. The number of fused-ring (bicyclic) bond motifs is 2. The number of hydrogen-bond acceptors (Lipinski definition) is 9. The molecular formula is C29H37FN2O12S2. The minimum atomic E-state index is -4.67. The molecule has 1 aliphatic heterocycles. The van der Waals surface area contributed by atoms with Crippen LogP contribution in [0.1, 0.15) is 45.2 Å². The van der Waals surface area contributed by atoms with E-state index in [1.54, 1.807) is 19.2 Å². The molecule has 14 nitrogen and oxygen atoms in total. The Bertz CT molecular complexity index is 1560. The zero-order valence-electron chi connectivity index (χ0n) is 25.0. The average molecular weight is 689 g/mol. The first kappa shape index (κ1) is 37.0. The van der Waals surface area contributed by atoms with Crippen LogP contribution in [-0.2, 0) is 35.1 Å². The second-order valence-electron chi connectivity index (χ2n) is 11.2. The summed E-state index contributed by atoms with van der Waals surface area (Å²) in [7, 11) is -9.33. The highest BCUT2D eigenvalue weighted by molar-refractivity contribution is 7.80. The summed E-state index contributed by atoms with van der Waals surface area (Å²) in [6.07, 6.45) is 9.07. The standard InChI is InChI=1S/C29H33FN2O4.2H2O4S/c1-3-35-29(34)32-23-10-11-24-20(14-23)15-26-27(17(2)36-28(26)33)25(24)12-9-22-8-7-19(16-31-22)18-5-4-6-21(30)13-18;2*1-5(2,3)4/h4-9,12-13,16-17,20,23-27H,3,10-11,14-15H2,1-2H3,(H,32,34);2*(H2,1,2,3,4)/b12-9+;;/t17-,20?,23-,24?,25?,26?,27?;;/m1../s1. The topological polar surface area (TPSA) is 227 Å². The number of halogens is 1. The molecule has 46 heavy (non-hydrogen) atoms. The Labute approximate surface area is 266 Å². The number of benzene rings is 1. The van der Waals surface area contributed by atoms with Gasteiger partial charge in [0.25, 0.3) is 0 Å². The van der Waals surface area contributed by atoms with Gasteiger partial charge >= 0.3 is 32.9 Å². The van der Waals surface area contributed by atoms with Crippen molar-refractivity contribution >= 4 is 38.9 Å². The zero-order chi connectivity index (χ0) is 34.2. The lowest BCUT2D eigenvalue weighted by molar-refractivity contribution is -0.144. The van der Waals surface area contributed by atoms with Crippen LogP contribution in [0.15, 0.2) is 48.7 Å². The predicted octanol–water partition coefficient (Wildman–Crippen LogP) is 4.32. The molecule has 2 heterocycles. The second kappa shape index (κ2) is 15.9. The summed E-state index contributed by atoms with van der Waals surface area (Å²) in [6, 6.07) is 10.4. The third-order valence-corrected chi connectivity index (χ3v) is 8.18. The third kappa shape index (κ3) is 11.7. The Morgan fingerprint density at radius 1 is 1.07 bits per heavy atom. The molecular weight excluding hydrogens is 651 g/mol. The molecule has 3 aliphatic rings. The number of esters is 1. The van der Waals surface area contributed by atoms with E-state index in [2.05, 4.69) is 16.4 Å². The maximum absolute atomic E-state index is 13.6. The summed E-state index contributed by atoms with van der Waals surface area (Å²) in [5, 5.41) is 3.00. The molecule has 1 aromatic heterocycles. The van der Waals surface area contributed by atoms with E-state index in [0.29, 0.717) is 18.4 Å². The normalized spacial score (nSPS) is 27.1. The van der Waals surface area contributed by atoms with E-state index in [0.717, 1.165) is 42.5 Å². The molecule has 2 saturated carbocycles. The number of pyridine rings is 1. The van der Waals surface area contributed by atoms with Crippen LogP contribution >= 0.6 is 0 Å². The lowest BCUT2D eigenvalue weighted by Crippen LogP contribution is -2.48. The number of nitrogens with zero attached hydrogens (tertiary/aromatic N) is 1. The van der Waals surface area contributed by atoms with Crippen molar-refractivity contribution in [2.45, 2.75) is 51.7 Å². The van der Waals surface area contributed by atoms with Crippen molar-refractivity contribution < 1.29 is 58.5 Å². The molecule has 1 amide bonds.